The van der Waals surface area contributed by atoms with E-state index < -0.39 is 0 Å². The van der Waals surface area contributed by atoms with E-state index >= 15 is 0 Å². The third-order valence-corrected chi connectivity index (χ3v) is 5.54. The first-order chi connectivity index (χ1) is 14.3. The van der Waals surface area contributed by atoms with E-state index in [1.165, 1.54) is 6.42 Å². The number of rotatable bonds is 4. The average Bonchev–Trinajstić information content (AvgIpc) is 3.45. The zero-order valence-corrected chi connectivity index (χ0v) is 15.9. The number of nitrogens with zero attached hydrogens (tertiary/aromatic N) is 2. The first-order valence-corrected chi connectivity index (χ1v) is 9.93. The SMILES string of the molecule is O=C(Nc1ccc(-c2onc3ccc(C4=NNNN4)cc23)cc1)C1CCCCC1. The molecule has 2 heterocycles. The van der Waals surface area contributed by atoms with Crippen molar-refractivity contribution in [2.24, 2.45) is 11.0 Å². The van der Waals surface area contributed by atoms with Crippen molar-refractivity contribution in [3.63, 3.8) is 0 Å². The molecule has 1 aliphatic heterocycles. The number of hydrogen-bond donors (Lipinski definition) is 4. The van der Waals surface area contributed by atoms with E-state index in [0.717, 1.165) is 53.4 Å². The summed E-state index contributed by atoms with van der Waals surface area (Å²) in [5.74, 6) is 1.64. The molecular weight excluding hydrogens is 368 g/mol. The maximum Gasteiger partial charge on any atom is 0.227 e. The standard InChI is InChI=1S/C21H22N6O2/c28-21(14-4-2-1-3-5-14)22-16-9-6-13(7-10-16)19-17-12-15(20-23-26-27-24-20)8-11-18(17)25-29-19/h6-12,14,26-27H,1-5H2,(H,22,28)(H,23,24). The molecule has 8 nitrogen and oxygen atoms in total. The summed E-state index contributed by atoms with van der Waals surface area (Å²) in [4.78, 5) is 12.5. The van der Waals surface area contributed by atoms with Gasteiger partial charge in [-0.05, 0) is 55.3 Å². The topological polar surface area (TPSA) is 104 Å². The lowest BCUT2D eigenvalue weighted by molar-refractivity contribution is -0.120. The van der Waals surface area contributed by atoms with Crippen molar-refractivity contribution < 1.29 is 9.32 Å². The Morgan fingerprint density at radius 2 is 1.83 bits per heavy atom. The fraction of sp³-hybridized carbons (Fsp3) is 0.286. The smallest absolute Gasteiger partial charge is 0.227 e. The molecule has 0 unspecified atom stereocenters. The summed E-state index contributed by atoms with van der Waals surface area (Å²) >= 11 is 0. The maximum absolute atomic E-state index is 12.5. The van der Waals surface area contributed by atoms with E-state index in [0.29, 0.717) is 11.6 Å². The van der Waals surface area contributed by atoms with E-state index in [2.05, 4.69) is 32.1 Å². The highest BCUT2D eigenvalue weighted by Gasteiger charge is 2.21. The summed E-state index contributed by atoms with van der Waals surface area (Å²) in [6, 6.07) is 13.5. The van der Waals surface area contributed by atoms with Crippen LogP contribution in [-0.4, -0.2) is 16.9 Å². The molecule has 4 N–H and O–H groups in total. The number of hydrazone groups is 1. The van der Waals surface area contributed by atoms with Gasteiger partial charge in [-0.25, -0.2) is 5.53 Å². The predicted octanol–water partition coefficient (Wildman–Crippen LogP) is 3.29. The zero-order chi connectivity index (χ0) is 19.6. The third kappa shape index (κ3) is 3.54. The number of carbonyl (C=O) groups excluding carboxylic acids is 1. The summed E-state index contributed by atoms with van der Waals surface area (Å²) in [6.07, 6.45) is 5.50. The van der Waals surface area contributed by atoms with Gasteiger partial charge in [0.25, 0.3) is 0 Å². The lowest BCUT2D eigenvalue weighted by Crippen LogP contribution is -2.35. The molecule has 3 aromatic rings. The Labute approximate surface area is 167 Å². The zero-order valence-electron chi connectivity index (χ0n) is 15.9. The quantitative estimate of drug-likeness (QED) is 0.545. The second kappa shape index (κ2) is 7.56. The molecule has 0 radical (unpaired) electrons. The minimum absolute atomic E-state index is 0.124. The number of nitrogens with one attached hydrogen (secondary N) is 4. The van der Waals surface area contributed by atoms with Crippen molar-refractivity contribution in [2.75, 3.05) is 5.32 Å². The number of fused-ring (bicyclic) bond motifs is 1. The molecule has 8 heteroatoms. The van der Waals surface area contributed by atoms with Gasteiger partial charge in [0.2, 0.25) is 5.91 Å². The molecule has 1 saturated carbocycles. The average molecular weight is 390 g/mol. The highest BCUT2D eigenvalue weighted by molar-refractivity contribution is 6.03. The van der Waals surface area contributed by atoms with E-state index in [4.69, 9.17) is 4.52 Å². The molecule has 148 valence electrons. The summed E-state index contributed by atoms with van der Waals surface area (Å²) < 4.78 is 5.61. The van der Waals surface area contributed by atoms with E-state index in [9.17, 15) is 4.79 Å². The van der Waals surface area contributed by atoms with Crippen LogP contribution >= 0.6 is 0 Å². The second-order valence-electron chi connectivity index (χ2n) is 7.47. The number of aromatic nitrogens is 1. The van der Waals surface area contributed by atoms with Gasteiger partial charge in [-0.2, -0.15) is 0 Å². The molecule has 2 aliphatic rings. The molecule has 0 saturated heterocycles. The fourth-order valence-corrected chi connectivity index (χ4v) is 3.95. The Morgan fingerprint density at radius 3 is 2.59 bits per heavy atom. The first kappa shape index (κ1) is 17.7. The summed E-state index contributed by atoms with van der Waals surface area (Å²) in [5.41, 5.74) is 11.7. The number of hydrogen-bond acceptors (Lipinski definition) is 7. The van der Waals surface area contributed by atoms with Crippen LogP contribution in [0, 0.1) is 5.92 Å². The first-order valence-electron chi connectivity index (χ1n) is 9.93. The molecule has 1 aromatic heterocycles. The molecule has 1 fully saturated rings. The normalized spacial score (nSPS) is 16.9. The van der Waals surface area contributed by atoms with Crippen molar-refractivity contribution in [3.8, 4) is 11.3 Å². The summed E-state index contributed by atoms with van der Waals surface area (Å²) in [5, 5.41) is 12.2. The molecule has 0 spiro atoms. The van der Waals surface area contributed by atoms with Crippen LogP contribution in [0.3, 0.4) is 0 Å². The van der Waals surface area contributed by atoms with Crippen LogP contribution in [0.5, 0.6) is 0 Å². The lowest BCUT2D eigenvalue weighted by atomic mass is 9.88. The van der Waals surface area contributed by atoms with Crippen LogP contribution in [0.15, 0.2) is 52.1 Å². The number of amidine groups is 1. The molecular formula is C21H22N6O2. The van der Waals surface area contributed by atoms with E-state index in [1.807, 2.05) is 42.5 Å². The van der Waals surface area contributed by atoms with Crippen LogP contribution in [0.4, 0.5) is 5.69 Å². The van der Waals surface area contributed by atoms with Gasteiger partial charge in [0.15, 0.2) is 11.6 Å². The molecule has 2 aromatic carbocycles. The van der Waals surface area contributed by atoms with E-state index in [1.54, 1.807) is 0 Å². The minimum Gasteiger partial charge on any atom is -0.355 e. The van der Waals surface area contributed by atoms with Gasteiger partial charge >= 0.3 is 0 Å². The highest BCUT2D eigenvalue weighted by Crippen LogP contribution is 2.31. The Kier molecular flexibility index (Phi) is 4.61. The lowest BCUT2D eigenvalue weighted by Gasteiger charge is -2.20. The minimum atomic E-state index is 0.124. The largest absolute Gasteiger partial charge is 0.355 e. The molecule has 0 atom stereocenters. The Bertz CT molecular complexity index is 1070. The fourth-order valence-electron chi connectivity index (χ4n) is 3.95. The Morgan fingerprint density at radius 1 is 1.03 bits per heavy atom. The van der Waals surface area contributed by atoms with Crippen molar-refractivity contribution in [1.29, 1.82) is 0 Å². The maximum atomic E-state index is 12.5. The van der Waals surface area contributed by atoms with E-state index in [-0.39, 0.29) is 11.8 Å². The van der Waals surface area contributed by atoms with Crippen molar-refractivity contribution >= 4 is 28.3 Å². The molecule has 1 aliphatic carbocycles. The number of benzene rings is 2. The van der Waals surface area contributed by atoms with Gasteiger partial charge in [-0.1, -0.05) is 24.4 Å². The van der Waals surface area contributed by atoms with Crippen LogP contribution in [0.25, 0.3) is 22.2 Å². The van der Waals surface area contributed by atoms with Gasteiger partial charge < -0.3 is 9.84 Å². The number of carbonyl (C=O) groups is 1. The van der Waals surface area contributed by atoms with Crippen LogP contribution < -0.4 is 21.8 Å². The number of hydrazine groups is 2. The monoisotopic (exact) mass is 390 g/mol. The molecule has 0 bridgehead atoms. The summed E-state index contributed by atoms with van der Waals surface area (Å²) in [6.45, 7) is 0. The van der Waals surface area contributed by atoms with Gasteiger partial charge in [-0.15, -0.1) is 10.6 Å². The number of amides is 1. The van der Waals surface area contributed by atoms with Gasteiger partial charge in [-0.3, -0.25) is 10.2 Å². The Hall–Kier alpha value is -3.39. The van der Waals surface area contributed by atoms with Crippen molar-refractivity contribution in [1.82, 2.24) is 21.7 Å². The highest BCUT2D eigenvalue weighted by atomic mass is 16.5. The van der Waals surface area contributed by atoms with Gasteiger partial charge in [0.1, 0.15) is 5.52 Å². The second-order valence-corrected chi connectivity index (χ2v) is 7.47. The van der Waals surface area contributed by atoms with Crippen LogP contribution in [0.1, 0.15) is 37.7 Å². The summed E-state index contributed by atoms with van der Waals surface area (Å²) in [7, 11) is 0. The predicted molar refractivity (Wildman–Crippen MR) is 111 cm³/mol. The molecule has 29 heavy (non-hydrogen) atoms. The molecule has 5 rings (SSSR count). The van der Waals surface area contributed by atoms with Gasteiger partial charge in [0, 0.05) is 22.7 Å². The number of anilines is 1. The van der Waals surface area contributed by atoms with Gasteiger partial charge in [0.05, 0.1) is 5.39 Å². The van der Waals surface area contributed by atoms with Crippen LogP contribution in [-0.2, 0) is 4.79 Å². The van der Waals surface area contributed by atoms with Crippen LogP contribution in [0.2, 0.25) is 0 Å². The Balaban J connectivity index is 1.37. The molecule has 1 amide bonds. The van der Waals surface area contributed by atoms with Crippen molar-refractivity contribution in [3.05, 3.63) is 48.0 Å². The van der Waals surface area contributed by atoms with Crippen molar-refractivity contribution in [2.45, 2.75) is 32.1 Å². The third-order valence-electron chi connectivity index (χ3n) is 5.54.